The molecule has 6 aliphatic rings. The summed E-state index contributed by atoms with van der Waals surface area (Å²) in [5.74, 6) is 3.14. The van der Waals surface area contributed by atoms with Crippen LogP contribution in [0.5, 0.6) is 0 Å². The van der Waals surface area contributed by atoms with Crippen LogP contribution in [0.3, 0.4) is 0 Å². The third-order valence-electron chi connectivity index (χ3n) is 6.19. The molecule has 0 aliphatic heterocycles. The monoisotopic (exact) mass is 248 g/mol. The highest BCUT2D eigenvalue weighted by Gasteiger charge is 2.54. The normalized spacial score (nSPS) is 49.7. The van der Waals surface area contributed by atoms with E-state index < -0.39 is 0 Å². The smallest absolute Gasteiger partial charge is 0.0903 e. The van der Waals surface area contributed by atoms with Crippen LogP contribution in [0.15, 0.2) is 11.1 Å². The first-order valence-electron chi connectivity index (χ1n) is 7.64. The molecule has 0 amide bonds. The van der Waals surface area contributed by atoms with Crippen molar-refractivity contribution in [3.05, 3.63) is 11.1 Å². The molecule has 0 saturated heterocycles. The summed E-state index contributed by atoms with van der Waals surface area (Å²) >= 11 is 0. The van der Waals surface area contributed by atoms with Gasteiger partial charge in [-0.25, -0.2) is 0 Å². The van der Waals surface area contributed by atoms with E-state index in [9.17, 15) is 0 Å². The molecule has 4 bridgehead atoms. The Kier molecular flexibility index (Phi) is 2.60. The van der Waals surface area contributed by atoms with E-state index in [-0.39, 0.29) is 0 Å². The molecule has 0 aromatic heterocycles. The molecule has 0 heterocycles. The summed E-state index contributed by atoms with van der Waals surface area (Å²) in [6, 6.07) is 0. The molecule has 2 heteroatoms. The Labute approximate surface area is 110 Å². The summed E-state index contributed by atoms with van der Waals surface area (Å²) in [4.78, 5) is 0. The quantitative estimate of drug-likeness (QED) is 0.699. The van der Waals surface area contributed by atoms with Crippen LogP contribution >= 0.6 is 0 Å². The highest BCUT2D eigenvalue weighted by Crippen LogP contribution is 2.59. The molecule has 4 unspecified atom stereocenters. The average molecular weight is 248 g/mol. The number of hydrogen-bond donors (Lipinski definition) is 0. The van der Waals surface area contributed by atoms with Crippen LogP contribution in [0, 0.1) is 23.7 Å². The zero-order valence-corrected chi connectivity index (χ0v) is 11.5. The molecule has 0 aromatic rings. The minimum atomic E-state index is 0.326. The van der Waals surface area contributed by atoms with Crippen molar-refractivity contribution in [1.82, 2.24) is 0 Å². The lowest BCUT2D eigenvalue weighted by Crippen LogP contribution is -2.55. The van der Waals surface area contributed by atoms with Crippen LogP contribution in [0.25, 0.3) is 0 Å². The molecule has 0 N–H and O–H groups in total. The Morgan fingerprint density at radius 2 is 1.06 bits per heavy atom. The summed E-state index contributed by atoms with van der Waals surface area (Å²) < 4.78 is 11.7. The minimum Gasteiger partial charge on any atom is -0.378 e. The van der Waals surface area contributed by atoms with Crippen molar-refractivity contribution >= 4 is 0 Å². The van der Waals surface area contributed by atoms with Gasteiger partial charge < -0.3 is 9.47 Å². The van der Waals surface area contributed by atoms with Gasteiger partial charge in [-0.3, -0.25) is 0 Å². The van der Waals surface area contributed by atoms with Gasteiger partial charge in [0.15, 0.2) is 0 Å². The number of rotatable bonds is 2. The SMILES string of the molecule is COC1C2CCC(C3=C2C2CCC3CC2)C1OC. The summed E-state index contributed by atoms with van der Waals surface area (Å²) in [7, 11) is 3.75. The van der Waals surface area contributed by atoms with Crippen LogP contribution in [-0.4, -0.2) is 26.4 Å². The van der Waals surface area contributed by atoms with Gasteiger partial charge in [0.2, 0.25) is 0 Å². The first-order valence-corrected chi connectivity index (χ1v) is 7.64. The topological polar surface area (TPSA) is 18.5 Å². The summed E-state index contributed by atoms with van der Waals surface area (Å²) in [5.41, 5.74) is 3.68. The van der Waals surface area contributed by atoms with Gasteiger partial charge in [-0.05, 0) is 50.4 Å². The van der Waals surface area contributed by atoms with Crippen LogP contribution < -0.4 is 0 Å². The zero-order chi connectivity index (χ0) is 12.3. The second-order valence-corrected chi connectivity index (χ2v) is 6.65. The Balaban J connectivity index is 1.81. The van der Waals surface area contributed by atoms with E-state index in [1.165, 1.54) is 38.5 Å². The molecule has 6 aliphatic carbocycles. The molecule has 0 spiro atoms. The maximum atomic E-state index is 5.83. The van der Waals surface area contributed by atoms with E-state index >= 15 is 0 Å². The first-order chi connectivity index (χ1) is 8.85. The first kappa shape index (κ1) is 11.5. The third kappa shape index (κ3) is 1.31. The highest BCUT2D eigenvalue weighted by molar-refractivity contribution is 5.37. The number of fused-ring (bicyclic) bond motifs is 4. The Morgan fingerprint density at radius 1 is 0.667 bits per heavy atom. The van der Waals surface area contributed by atoms with Gasteiger partial charge in [-0.1, -0.05) is 11.1 Å². The van der Waals surface area contributed by atoms with Gasteiger partial charge in [-0.2, -0.15) is 0 Å². The number of hydrogen-bond acceptors (Lipinski definition) is 2. The van der Waals surface area contributed by atoms with Crippen LogP contribution in [-0.2, 0) is 9.47 Å². The fourth-order valence-corrected chi connectivity index (χ4v) is 5.63. The van der Waals surface area contributed by atoms with Crippen LogP contribution in [0.1, 0.15) is 38.5 Å². The largest absolute Gasteiger partial charge is 0.378 e. The Morgan fingerprint density at radius 3 is 1.39 bits per heavy atom. The molecule has 18 heavy (non-hydrogen) atoms. The lowest BCUT2D eigenvalue weighted by Gasteiger charge is -2.57. The second-order valence-electron chi connectivity index (χ2n) is 6.65. The van der Waals surface area contributed by atoms with Crippen LogP contribution in [0.4, 0.5) is 0 Å². The van der Waals surface area contributed by atoms with Gasteiger partial charge >= 0.3 is 0 Å². The Bertz CT molecular complexity index is 343. The molecule has 2 saturated carbocycles. The summed E-state index contributed by atoms with van der Waals surface area (Å²) in [6.07, 6.45) is 9.11. The maximum Gasteiger partial charge on any atom is 0.0903 e. The van der Waals surface area contributed by atoms with E-state index in [1.54, 1.807) is 0 Å². The van der Waals surface area contributed by atoms with Gasteiger partial charge in [0.05, 0.1) is 12.2 Å². The van der Waals surface area contributed by atoms with E-state index in [0.29, 0.717) is 24.0 Å². The van der Waals surface area contributed by atoms with E-state index in [1.807, 2.05) is 25.4 Å². The van der Waals surface area contributed by atoms with Crippen molar-refractivity contribution in [2.24, 2.45) is 23.7 Å². The number of ether oxygens (including phenoxy) is 2. The highest BCUT2D eigenvalue weighted by atomic mass is 16.5. The van der Waals surface area contributed by atoms with E-state index in [4.69, 9.17) is 9.47 Å². The maximum absolute atomic E-state index is 5.83. The van der Waals surface area contributed by atoms with E-state index in [2.05, 4.69) is 0 Å². The van der Waals surface area contributed by atoms with Gasteiger partial charge in [-0.15, -0.1) is 0 Å². The van der Waals surface area contributed by atoms with E-state index in [0.717, 1.165) is 11.8 Å². The Hall–Kier alpha value is -0.340. The molecular formula is C16H24O2. The van der Waals surface area contributed by atoms with Crippen molar-refractivity contribution < 1.29 is 9.47 Å². The van der Waals surface area contributed by atoms with Gasteiger partial charge in [0.25, 0.3) is 0 Å². The summed E-state index contributed by atoms with van der Waals surface area (Å²) in [6.45, 7) is 0. The van der Waals surface area contributed by atoms with Crippen LogP contribution in [0.2, 0.25) is 0 Å². The fraction of sp³-hybridized carbons (Fsp3) is 0.875. The van der Waals surface area contributed by atoms with Crippen molar-refractivity contribution in [1.29, 1.82) is 0 Å². The van der Waals surface area contributed by atoms with Crippen molar-refractivity contribution in [3.63, 3.8) is 0 Å². The second kappa shape index (κ2) is 4.08. The summed E-state index contributed by atoms with van der Waals surface area (Å²) in [5, 5.41) is 0. The van der Waals surface area contributed by atoms with Crippen molar-refractivity contribution in [2.45, 2.75) is 50.7 Å². The lowest BCUT2D eigenvalue weighted by molar-refractivity contribution is -0.117. The van der Waals surface area contributed by atoms with Gasteiger partial charge in [0, 0.05) is 26.1 Å². The molecule has 2 fully saturated rings. The van der Waals surface area contributed by atoms with Gasteiger partial charge in [0.1, 0.15) is 0 Å². The standard InChI is InChI=1S/C16H24O2/c1-17-15-11-7-8-12(16(15)18-2)14-10-5-3-9(4-6-10)13(11)14/h9-12,15-16H,3-8H2,1-2H3. The molecule has 0 radical (unpaired) electrons. The fourth-order valence-electron chi connectivity index (χ4n) is 5.63. The van der Waals surface area contributed by atoms with Crippen molar-refractivity contribution in [3.8, 4) is 0 Å². The molecule has 6 rings (SSSR count). The predicted octanol–water partition coefficient (Wildman–Crippen LogP) is 3.17. The average Bonchev–Trinajstić information content (AvgIpc) is 2.48. The molecular weight excluding hydrogens is 224 g/mol. The molecule has 2 nitrogen and oxygen atoms in total. The molecule has 0 aromatic carbocycles. The lowest BCUT2D eigenvalue weighted by atomic mass is 9.52. The molecule has 100 valence electrons. The van der Waals surface area contributed by atoms with Crippen molar-refractivity contribution in [2.75, 3.05) is 14.2 Å². The third-order valence-corrected chi connectivity index (χ3v) is 6.19. The molecule has 4 atom stereocenters. The predicted molar refractivity (Wildman–Crippen MR) is 70.3 cm³/mol. The zero-order valence-electron chi connectivity index (χ0n) is 11.5. The number of methoxy groups -OCH3 is 2. The minimum absolute atomic E-state index is 0.326.